The molecule has 0 unspecified atom stereocenters. The Hall–Kier alpha value is -3.17. The molecule has 3 heterocycles. The molecule has 174 valence electrons. The molecule has 2 aliphatic rings. The van der Waals surface area contributed by atoms with Gasteiger partial charge in [0.25, 0.3) is 5.56 Å². The van der Waals surface area contributed by atoms with E-state index in [9.17, 15) is 9.59 Å². The number of hydrogen-bond donors (Lipinski definition) is 2. The third-order valence-corrected chi connectivity index (χ3v) is 7.22. The zero-order chi connectivity index (χ0) is 23.7. The second-order valence-electron chi connectivity index (χ2n) is 8.28. The number of rotatable bonds is 6. The van der Waals surface area contributed by atoms with E-state index in [4.69, 9.17) is 5.73 Å². The molecular weight excluding hydrogens is 436 g/mol. The molecule has 0 aliphatic carbocycles. The molecular formula is C24H30N6O2S. The maximum Gasteiger partial charge on any atom is 0.252 e. The van der Waals surface area contributed by atoms with Gasteiger partial charge in [-0.1, -0.05) is 37.1 Å². The highest BCUT2D eigenvalue weighted by Gasteiger charge is 2.29. The second kappa shape index (κ2) is 9.36. The molecule has 0 radical (unpaired) electrons. The van der Waals surface area contributed by atoms with Crippen LogP contribution >= 0.6 is 11.8 Å². The smallest absolute Gasteiger partial charge is 0.252 e. The Balaban J connectivity index is 1.46. The molecule has 2 aliphatic heterocycles. The van der Waals surface area contributed by atoms with E-state index < -0.39 is 0 Å². The summed E-state index contributed by atoms with van der Waals surface area (Å²) in [6.07, 6.45) is 0. The lowest BCUT2D eigenvalue weighted by atomic mass is 10.1. The molecule has 0 bridgehead atoms. The fraction of sp³-hybridized carbons (Fsp3) is 0.333. The molecule has 8 nitrogen and oxygen atoms in total. The highest BCUT2D eigenvalue weighted by molar-refractivity contribution is 8.03. The fourth-order valence-electron chi connectivity index (χ4n) is 4.29. The summed E-state index contributed by atoms with van der Waals surface area (Å²) in [4.78, 5) is 29.5. The van der Waals surface area contributed by atoms with Crippen molar-refractivity contribution in [2.75, 3.05) is 43.9 Å². The van der Waals surface area contributed by atoms with Gasteiger partial charge in [-0.25, -0.2) is 5.01 Å². The van der Waals surface area contributed by atoms with Crippen LogP contribution in [-0.2, 0) is 11.3 Å². The lowest BCUT2D eigenvalue weighted by Crippen LogP contribution is -2.49. The number of amides is 1. The van der Waals surface area contributed by atoms with Gasteiger partial charge in [0, 0.05) is 74.1 Å². The largest absolute Gasteiger partial charge is 0.398 e. The topological polar surface area (TPSA) is 86.8 Å². The first-order chi connectivity index (χ1) is 15.8. The van der Waals surface area contributed by atoms with Gasteiger partial charge in [0.05, 0.1) is 16.4 Å². The lowest BCUT2D eigenvalue weighted by molar-refractivity contribution is -0.130. The number of nitrogens with zero attached hydrogens (tertiary/aromatic N) is 4. The SMILES string of the molecule is C=C(Sc1ccccc1N)N1Nc2cc(=O)n(CCN3CCN(C(C)=O)CC3)c(C)c2C1=C. The summed E-state index contributed by atoms with van der Waals surface area (Å²) < 4.78 is 1.80. The number of hydrogen-bond acceptors (Lipinski definition) is 7. The van der Waals surface area contributed by atoms with E-state index in [-0.39, 0.29) is 11.5 Å². The van der Waals surface area contributed by atoms with Crippen LogP contribution in [0.2, 0.25) is 0 Å². The summed E-state index contributed by atoms with van der Waals surface area (Å²) >= 11 is 1.45. The van der Waals surface area contributed by atoms with E-state index in [1.165, 1.54) is 11.8 Å². The first kappa shape index (κ1) is 23.0. The summed E-state index contributed by atoms with van der Waals surface area (Å²) in [5.41, 5.74) is 13.2. The summed E-state index contributed by atoms with van der Waals surface area (Å²) in [7, 11) is 0. The number of para-hydroxylation sites is 1. The van der Waals surface area contributed by atoms with Crippen molar-refractivity contribution < 1.29 is 4.79 Å². The van der Waals surface area contributed by atoms with Crippen LogP contribution in [0.1, 0.15) is 18.2 Å². The Bertz CT molecular complexity index is 1170. The molecule has 1 amide bonds. The van der Waals surface area contributed by atoms with Gasteiger partial charge in [-0.2, -0.15) is 0 Å². The third-order valence-electron chi connectivity index (χ3n) is 6.21. The number of carbonyl (C=O) groups excluding carboxylic acids is 1. The summed E-state index contributed by atoms with van der Waals surface area (Å²) in [5, 5.41) is 2.52. The highest BCUT2D eigenvalue weighted by atomic mass is 32.2. The number of piperazine rings is 1. The number of nitrogens with two attached hydrogens (primary N) is 1. The number of pyridine rings is 1. The molecule has 1 aromatic carbocycles. The van der Waals surface area contributed by atoms with Crippen LogP contribution in [0.25, 0.3) is 5.70 Å². The van der Waals surface area contributed by atoms with Gasteiger partial charge in [-0.15, -0.1) is 0 Å². The average Bonchev–Trinajstić information content (AvgIpc) is 3.11. The number of hydrazine groups is 1. The first-order valence-electron chi connectivity index (χ1n) is 11.0. The molecule has 4 rings (SSSR count). The Kier molecular flexibility index (Phi) is 6.53. The van der Waals surface area contributed by atoms with Crippen molar-refractivity contribution in [2.45, 2.75) is 25.3 Å². The second-order valence-corrected chi connectivity index (χ2v) is 9.40. The fourth-order valence-corrected chi connectivity index (χ4v) is 5.12. The number of carbonyl (C=O) groups is 1. The predicted molar refractivity (Wildman–Crippen MR) is 134 cm³/mol. The predicted octanol–water partition coefficient (Wildman–Crippen LogP) is 2.78. The number of fused-ring (bicyclic) bond motifs is 1. The minimum atomic E-state index is -0.0543. The van der Waals surface area contributed by atoms with Crippen LogP contribution < -0.4 is 16.7 Å². The van der Waals surface area contributed by atoms with Crippen molar-refractivity contribution in [3.63, 3.8) is 0 Å². The normalized spacial score (nSPS) is 16.0. The minimum Gasteiger partial charge on any atom is -0.398 e. The van der Waals surface area contributed by atoms with Crippen molar-refractivity contribution >= 4 is 34.7 Å². The van der Waals surface area contributed by atoms with E-state index in [1.807, 2.05) is 36.1 Å². The number of anilines is 2. The Morgan fingerprint density at radius 1 is 1.18 bits per heavy atom. The average molecular weight is 467 g/mol. The highest BCUT2D eigenvalue weighted by Crippen LogP contribution is 2.41. The van der Waals surface area contributed by atoms with E-state index in [0.29, 0.717) is 12.2 Å². The Labute approximate surface area is 198 Å². The molecule has 1 fully saturated rings. The van der Waals surface area contributed by atoms with Gasteiger partial charge in [-0.05, 0) is 19.1 Å². The van der Waals surface area contributed by atoms with Gasteiger partial charge in [-0.3, -0.25) is 19.9 Å². The van der Waals surface area contributed by atoms with Crippen molar-refractivity contribution in [2.24, 2.45) is 0 Å². The first-order valence-corrected chi connectivity index (χ1v) is 11.8. The molecule has 3 N–H and O–H groups in total. The number of aromatic nitrogens is 1. The third kappa shape index (κ3) is 4.65. The molecule has 0 spiro atoms. The van der Waals surface area contributed by atoms with Crippen LogP contribution in [0.3, 0.4) is 0 Å². The Morgan fingerprint density at radius 3 is 2.55 bits per heavy atom. The standard InChI is InChI=1S/C24H30N6O2S/c1-16-24-17(2)30(19(4)33-22-8-6-5-7-20(22)25)26-21(24)15-23(32)29(16)14-11-27-9-12-28(13-10-27)18(3)31/h5-8,15,26H,2,4,9-14,25H2,1,3H3. The van der Waals surface area contributed by atoms with Crippen molar-refractivity contribution in [3.05, 3.63) is 70.1 Å². The van der Waals surface area contributed by atoms with Crippen LogP contribution in [0.15, 0.2) is 58.2 Å². The van der Waals surface area contributed by atoms with Crippen molar-refractivity contribution in [1.29, 1.82) is 0 Å². The zero-order valence-corrected chi connectivity index (χ0v) is 20.0. The van der Waals surface area contributed by atoms with Crippen molar-refractivity contribution in [3.8, 4) is 0 Å². The summed E-state index contributed by atoms with van der Waals surface area (Å²) in [6.45, 7) is 16.5. The van der Waals surface area contributed by atoms with Crippen LogP contribution in [0, 0.1) is 6.92 Å². The summed E-state index contributed by atoms with van der Waals surface area (Å²) in [5.74, 6) is 0.116. The van der Waals surface area contributed by atoms with E-state index in [2.05, 4.69) is 23.5 Å². The van der Waals surface area contributed by atoms with Crippen LogP contribution in [0.5, 0.6) is 0 Å². The number of benzene rings is 1. The lowest BCUT2D eigenvalue weighted by Gasteiger charge is -2.34. The maximum absolute atomic E-state index is 12.9. The van der Waals surface area contributed by atoms with E-state index >= 15 is 0 Å². The van der Waals surface area contributed by atoms with E-state index in [1.54, 1.807) is 22.6 Å². The van der Waals surface area contributed by atoms with E-state index in [0.717, 1.165) is 65.3 Å². The van der Waals surface area contributed by atoms with Gasteiger partial charge >= 0.3 is 0 Å². The van der Waals surface area contributed by atoms with Crippen molar-refractivity contribution in [1.82, 2.24) is 19.4 Å². The molecule has 33 heavy (non-hydrogen) atoms. The zero-order valence-electron chi connectivity index (χ0n) is 19.1. The number of thioether (sulfide) groups is 1. The molecule has 0 saturated carbocycles. The maximum atomic E-state index is 12.9. The minimum absolute atomic E-state index is 0.0543. The van der Waals surface area contributed by atoms with Gasteiger partial charge < -0.3 is 15.2 Å². The monoisotopic (exact) mass is 466 g/mol. The molecule has 0 atom stereocenters. The number of nitrogen functional groups attached to an aromatic ring is 1. The summed E-state index contributed by atoms with van der Waals surface area (Å²) in [6, 6.07) is 9.25. The van der Waals surface area contributed by atoms with Crippen LogP contribution in [0.4, 0.5) is 11.4 Å². The van der Waals surface area contributed by atoms with Gasteiger partial charge in [0.2, 0.25) is 5.91 Å². The molecule has 1 aromatic heterocycles. The van der Waals surface area contributed by atoms with Gasteiger partial charge in [0.15, 0.2) is 0 Å². The van der Waals surface area contributed by atoms with Crippen LogP contribution in [-0.4, -0.2) is 58.0 Å². The van der Waals surface area contributed by atoms with Gasteiger partial charge in [0.1, 0.15) is 0 Å². The molecule has 9 heteroatoms. The quantitative estimate of drug-likeness (QED) is 0.500. The molecule has 1 saturated heterocycles. The Morgan fingerprint density at radius 2 is 1.88 bits per heavy atom. The molecule has 2 aromatic rings. The number of nitrogens with one attached hydrogen (secondary N) is 1.